The molecule has 0 saturated carbocycles. The zero-order valence-electron chi connectivity index (χ0n) is 16.8. The Morgan fingerprint density at radius 2 is 1.69 bits per heavy atom. The van der Waals surface area contributed by atoms with Gasteiger partial charge in [-0.15, -0.1) is 0 Å². The van der Waals surface area contributed by atoms with Crippen LogP contribution in [0.4, 0.5) is 0 Å². The molecular weight excluding hydrogens is 394 g/mol. The number of hydrogen-bond donors (Lipinski definition) is 1. The number of carbonyl (C=O) groups is 2. The van der Waals surface area contributed by atoms with E-state index in [2.05, 4.69) is 5.32 Å². The van der Waals surface area contributed by atoms with Gasteiger partial charge in [0.2, 0.25) is 21.8 Å². The molecule has 1 N–H and O–H groups in total. The highest BCUT2D eigenvalue weighted by Crippen LogP contribution is 2.19. The lowest BCUT2D eigenvalue weighted by atomic mass is 9.96. The quantitative estimate of drug-likeness (QED) is 0.724. The number of benzene rings is 1. The number of nitrogens with one attached hydrogen (secondary N) is 1. The van der Waals surface area contributed by atoms with Gasteiger partial charge < -0.3 is 15.0 Å². The summed E-state index contributed by atoms with van der Waals surface area (Å²) >= 11 is 0. The van der Waals surface area contributed by atoms with Crippen LogP contribution in [0.3, 0.4) is 0 Å². The number of hydrogen-bond acceptors (Lipinski definition) is 5. The molecule has 0 unspecified atom stereocenters. The number of amides is 2. The predicted octanol–water partition coefficient (Wildman–Crippen LogP) is 0.625. The Balaban J connectivity index is 1.46. The summed E-state index contributed by atoms with van der Waals surface area (Å²) in [6, 6.07) is 6.84. The first-order valence-corrected chi connectivity index (χ1v) is 11.5. The Kier molecular flexibility index (Phi) is 7.26. The fraction of sp³-hybridized carbons (Fsp3) is 0.600. The predicted molar refractivity (Wildman–Crippen MR) is 108 cm³/mol. The van der Waals surface area contributed by atoms with Crippen LogP contribution in [0.25, 0.3) is 0 Å². The lowest BCUT2D eigenvalue weighted by Gasteiger charge is -2.30. The van der Waals surface area contributed by atoms with Crippen LogP contribution in [0.5, 0.6) is 0 Å². The second-order valence-electron chi connectivity index (χ2n) is 7.48. The number of carbonyl (C=O) groups excluding carboxylic acids is 2. The molecule has 2 saturated heterocycles. The molecule has 2 heterocycles. The molecule has 2 amide bonds. The van der Waals surface area contributed by atoms with Crippen LogP contribution < -0.4 is 5.32 Å². The van der Waals surface area contributed by atoms with Gasteiger partial charge in [-0.2, -0.15) is 4.31 Å². The highest BCUT2D eigenvalue weighted by atomic mass is 32.2. The topological polar surface area (TPSA) is 96.0 Å². The van der Waals surface area contributed by atoms with Crippen LogP contribution in [0.1, 0.15) is 25.3 Å². The van der Waals surface area contributed by atoms with Crippen molar-refractivity contribution in [3.63, 3.8) is 0 Å². The van der Waals surface area contributed by atoms with E-state index in [4.69, 9.17) is 4.74 Å². The van der Waals surface area contributed by atoms with Crippen molar-refractivity contribution in [1.82, 2.24) is 14.5 Å². The maximum Gasteiger partial charge on any atom is 0.243 e. The third-order valence-electron chi connectivity index (χ3n) is 5.56. The average Bonchev–Trinajstić information content (AvgIpc) is 2.74. The van der Waals surface area contributed by atoms with E-state index in [9.17, 15) is 18.0 Å². The summed E-state index contributed by atoms with van der Waals surface area (Å²) in [6.07, 6.45) is 2.02. The number of nitrogens with zero attached hydrogens (tertiary/aromatic N) is 2. The highest BCUT2D eigenvalue weighted by molar-refractivity contribution is 7.89. The number of piperidine rings is 1. The number of sulfonamides is 1. The van der Waals surface area contributed by atoms with E-state index in [-0.39, 0.29) is 22.6 Å². The van der Waals surface area contributed by atoms with Gasteiger partial charge in [-0.3, -0.25) is 9.59 Å². The Morgan fingerprint density at radius 3 is 2.28 bits per heavy atom. The van der Waals surface area contributed by atoms with Gasteiger partial charge in [0, 0.05) is 45.6 Å². The van der Waals surface area contributed by atoms with E-state index < -0.39 is 10.0 Å². The minimum absolute atomic E-state index is 0.0275. The number of morpholine rings is 1. The molecule has 0 aromatic heterocycles. The molecule has 29 heavy (non-hydrogen) atoms. The molecule has 0 radical (unpaired) electrons. The standard InChI is InChI=1S/C20H29N3O5S/c1-16(24)22-10-7-18(8-11-22)20(25)21-9-6-17-2-4-19(5-3-17)29(26,27)23-12-14-28-15-13-23/h2-5,18H,6-15H2,1H3,(H,21,25). The van der Waals surface area contributed by atoms with Gasteiger partial charge in [0.05, 0.1) is 18.1 Å². The molecule has 1 aromatic carbocycles. The third kappa shape index (κ3) is 5.55. The summed E-state index contributed by atoms with van der Waals surface area (Å²) in [7, 11) is -3.48. The van der Waals surface area contributed by atoms with Crippen molar-refractivity contribution in [3.05, 3.63) is 29.8 Å². The molecule has 0 bridgehead atoms. The minimum Gasteiger partial charge on any atom is -0.379 e. The van der Waals surface area contributed by atoms with Crippen LogP contribution in [0.2, 0.25) is 0 Å². The van der Waals surface area contributed by atoms with Crippen LogP contribution in [0.15, 0.2) is 29.2 Å². The van der Waals surface area contributed by atoms with E-state index in [1.807, 2.05) is 0 Å². The van der Waals surface area contributed by atoms with Crippen molar-refractivity contribution in [1.29, 1.82) is 0 Å². The number of likely N-dealkylation sites (tertiary alicyclic amines) is 1. The maximum absolute atomic E-state index is 12.6. The van der Waals surface area contributed by atoms with Crippen LogP contribution >= 0.6 is 0 Å². The molecule has 8 nitrogen and oxygen atoms in total. The SMILES string of the molecule is CC(=O)N1CCC(C(=O)NCCc2ccc(S(=O)(=O)N3CCOCC3)cc2)CC1. The number of ether oxygens (including phenoxy) is 1. The Hall–Kier alpha value is -1.97. The molecule has 2 fully saturated rings. The van der Waals surface area contributed by atoms with Crippen molar-refractivity contribution >= 4 is 21.8 Å². The number of rotatable bonds is 6. The summed E-state index contributed by atoms with van der Waals surface area (Å²) in [5.41, 5.74) is 0.970. The van der Waals surface area contributed by atoms with E-state index in [1.54, 1.807) is 36.1 Å². The van der Waals surface area contributed by atoms with E-state index in [0.717, 1.165) is 5.56 Å². The van der Waals surface area contributed by atoms with Gasteiger partial charge in [-0.25, -0.2) is 8.42 Å². The first kappa shape index (κ1) is 21.7. The van der Waals surface area contributed by atoms with Gasteiger partial charge in [0.1, 0.15) is 0 Å². The minimum atomic E-state index is -3.48. The lowest BCUT2D eigenvalue weighted by molar-refractivity contribution is -0.133. The second-order valence-corrected chi connectivity index (χ2v) is 9.42. The summed E-state index contributed by atoms with van der Waals surface area (Å²) in [5, 5.41) is 2.96. The molecule has 1 aromatic rings. The van der Waals surface area contributed by atoms with Crippen molar-refractivity contribution < 1.29 is 22.7 Å². The monoisotopic (exact) mass is 423 g/mol. The normalized spacial score (nSPS) is 19.1. The molecule has 3 rings (SSSR count). The van der Waals surface area contributed by atoms with Crippen molar-refractivity contribution in [2.45, 2.75) is 31.1 Å². The van der Waals surface area contributed by atoms with Crippen LogP contribution in [-0.2, 0) is 30.8 Å². The fourth-order valence-electron chi connectivity index (χ4n) is 3.70. The van der Waals surface area contributed by atoms with E-state index >= 15 is 0 Å². The van der Waals surface area contributed by atoms with Crippen LogP contribution in [-0.4, -0.2) is 75.4 Å². The first-order chi connectivity index (χ1) is 13.9. The third-order valence-corrected chi connectivity index (χ3v) is 7.47. The molecule has 160 valence electrons. The zero-order valence-corrected chi connectivity index (χ0v) is 17.6. The zero-order chi connectivity index (χ0) is 20.9. The van der Waals surface area contributed by atoms with E-state index in [0.29, 0.717) is 65.2 Å². The molecule has 0 aliphatic carbocycles. The first-order valence-electron chi connectivity index (χ1n) is 10.1. The fourth-order valence-corrected chi connectivity index (χ4v) is 5.10. The van der Waals surface area contributed by atoms with Gasteiger partial charge in [0.15, 0.2) is 0 Å². The highest BCUT2D eigenvalue weighted by Gasteiger charge is 2.27. The van der Waals surface area contributed by atoms with Crippen molar-refractivity contribution in [2.75, 3.05) is 45.9 Å². The largest absolute Gasteiger partial charge is 0.379 e. The van der Waals surface area contributed by atoms with Gasteiger partial charge in [0.25, 0.3) is 0 Å². The summed E-state index contributed by atoms with van der Waals surface area (Å²) < 4.78 is 31.9. The van der Waals surface area contributed by atoms with Gasteiger partial charge in [-0.1, -0.05) is 12.1 Å². The molecule has 0 atom stereocenters. The van der Waals surface area contributed by atoms with Crippen LogP contribution in [0, 0.1) is 5.92 Å². The average molecular weight is 424 g/mol. The smallest absolute Gasteiger partial charge is 0.243 e. The van der Waals surface area contributed by atoms with E-state index in [1.165, 1.54) is 4.31 Å². The maximum atomic E-state index is 12.6. The van der Waals surface area contributed by atoms with Gasteiger partial charge >= 0.3 is 0 Å². The Labute approximate surface area is 172 Å². The Bertz CT molecular complexity index is 811. The summed E-state index contributed by atoms with van der Waals surface area (Å²) in [4.78, 5) is 25.7. The molecule has 2 aliphatic heterocycles. The van der Waals surface area contributed by atoms with Crippen molar-refractivity contribution in [3.8, 4) is 0 Å². The van der Waals surface area contributed by atoms with Gasteiger partial charge in [-0.05, 0) is 37.0 Å². The summed E-state index contributed by atoms with van der Waals surface area (Å²) in [5.74, 6) is 0.0364. The molecule has 9 heteroatoms. The molecule has 0 spiro atoms. The summed E-state index contributed by atoms with van der Waals surface area (Å²) in [6.45, 7) is 4.91. The molecule has 2 aliphatic rings. The second kappa shape index (κ2) is 9.69. The van der Waals surface area contributed by atoms with Crippen molar-refractivity contribution in [2.24, 2.45) is 5.92 Å². The lowest BCUT2D eigenvalue weighted by Crippen LogP contribution is -2.42. The Morgan fingerprint density at radius 1 is 1.07 bits per heavy atom. The molecular formula is C20H29N3O5S.